The predicted octanol–water partition coefficient (Wildman–Crippen LogP) is 1.08. The lowest BCUT2D eigenvalue weighted by Crippen LogP contribution is -2.63. The van der Waals surface area contributed by atoms with Gasteiger partial charge in [0.25, 0.3) is 5.91 Å². The molecule has 2 aliphatic rings. The fourth-order valence-electron chi connectivity index (χ4n) is 3.41. The molecule has 1 saturated carbocycles. The van der Waals surface area contributed by atoms with Crippen molar-refractivity contribution in [1.29, 1.82) is 0 Å². The van der Waals surface area contributed by atoms with E-state index < -0.39 is 11.6 Å². The molecule has 0 aromatic rings. The van der Waals surface area contributed by atoms with Crippen LogP contribution in [0.5, 0.6) is 0 Å². The van der Waals surface area contributed by atoms with Crippen molar-refractivity contribution < 1.29 is 14.3 Å². The number of carbonyl (C=O) groups is 2. The minimum absolute atomic E-state index is 0. The van der Waals surface area contributed by atoms with E-state index >= 15 is 0 Å². The number of ether oxygens (including phenoxy) is 1. The summed E-state index contributed by atoms with van der Waals surface area (Å²) in [7, 11) is 0. The van der Waals surface area contributed by atoms with Gasteiger partial charge in [0.2, 0.25) is 5.91 Å². The first-order chi connectivity index (χ1) is 10.6. The highest BCUT2D eigenvalue weighted by atomic mass is 35.5. The first-order valence-corrected chi connectivity index (χ1v) is 8.56. The monoisotopic (exact) mass is 347 g/mol. The molecule has 2 rings (SSSR count). The van der Waals surface area contributed by atoms with Crippen molar-refractivity contribution in [3.63, 3.8) is 0 Å². The van der Waals surface area contributed by atoms with Crippen LogP contribution in [-0.4, -0.2) is 61.1 Å². The molecule has 134 valence electrons. The lowest BCUT2D eigenvalue weighted by Gasteiger charge is -2.41. The van der Waals surface area contributed by atoms with Crippen LogP contribution in [0.25, 0.3) is 0 Å². The zero-order valence-electron chi connectivity index (χ0n) is 14.2. The SMILES string of the molecule is CCN(CC)C(=O)C1(NC(=O)C2CNCCO2)CCCCC1.Cl. The van der Waals surface area contributed by atoms with Crippen LogP contribution in [0.4, 0.5) is 0 Å². The van der Waals surface area contributed by atoms with Crippen LogP contribution in [-0.2, 0) is 14.3 Å². The van der Waals surface area contributed by atoms with Crippen molar-refractivity contribution in [2.75, 3.05) is 32.8 Å². The predicted molar refractivity (Wildman–Crippen MR) is 91.7 cm³/mol. The number of amides is 2. The Labute approximate surface area is 145 Å². The Morgan fingerprint density at radius 1 is 1.22 bits per heavy atom. The Balaban J connectivity index is 0.00000264. The van der Waals surface area contributed by atoms with E-state index in [0.29, 0.717) is 26.2 Å². The van der Waals surface area contributed by atoms with Gasteiger partial charge in [0.05, 0.1) is 6.61 Å². The molecule has 7 heteroatoms. The van der Waals surface area contributed by atoms with Crippen LogP contribution in [0.3, 0.4) is 0 Å². The number of rotatable bonds is 5. The molecule has 0 radical (unpaired) electrons. The van der Waals surface area contributed by atoms with E-state index in [9.17, 15) is 9.59 Å². The Bertz CT molecular complexity index is 390. The number of hydrogen-bond acceptors (Lipinski definition) is 4. The maximum Gasteiger partial charge on any atom is 0.251 e. The highest BCUT2D eigenvalue weighted by molar-refractivity contribution is 5.93. The first kappa shape index (κ1) is 20.2. The van der Waals surface area contributed by atoms with E-state index in [0.717, 1.165) is 38.6 Å². The summed E-state index contributed by atoms with van der Waals surface area (Å²) in [6, 6.07) is 0. The summed E-state index contributed by atoms with van der Waals surface area (Å²) in [4.78, 5) is 27.3. The zero-order chi connectivity index (χ0) is 16.0. The molecule has 0 aromatic carbocycles. The summed E-state index contributed by atoms with van der Waals surface area (Å²) < 4.78 is 5.52. The minimum atomic E-state index is -0.734. The molecule has 2 fully saturated rings. The largest absolute Gasteiger partial charge is 0.366 e. The highest BCUT2D eigenvalue weighted by Crippen LogP contribution is 2.30. The molecule has 0 spiro atoms. The normalized spacial score (nSPS) is 23.5. The average Bonchev–Trinajstić information content (AvgIpc) is 2.57. The van der Waals surface area contributed by atoms with Gasteiger partial charge < -0.3 is 20.3 Å². The van der Waals surface area contributed by atoms with Crippen molar-refractivity contribution in [1.82, 2.24) is 15.5 Å². The van der Waals surface area contributed by atoms with Crippen LogP contribution in [0.15, 0.2) is 0 Å². The number of nitrogens with zero attached hydrogens (tertiary/aromatic N) is 1. The molecule has 1 saturated heterocycles. The fourth-order valence-corrected chi connectivity index (χ4v) is 3.41. The van der Waals surface area contributed by atoms with E-state index in [1.807, 2.05) is 18.7 Å². The summed E-state index contributed by atoms with van der Waals surface area (Å²) in [5.41, 5.74) is -0.734. The number of halogens is 1. The first-order valence-electron chi connectivity index (χ1n) is 8.56. The van der Waals surface area contributed by atoms with Crippen molar-refractivity contribution in [2.24, 2.45) is 0 Å². The quantitative estimate of drug-likeness (QED) is 0.781. The summed E-state index contributed by atoms with van der Waals surface area (Å²) in [5.74, 6) is -0.0936. The van der Waals surface area contributed by atoms with Gasteiger partial charge in [-0.15, -0.1) is 12.4 Å². The second kappa shape index (κ2) is 9.45. The highest BCUT2D eigenvalue weighted by Gasteiger charge is 2.43. The van der Waals surface area contributed by atoms with E-state index in [4.69, 9.17) is 4.74 Å². The van der Waals surface area contributed by atoms with Gasteiger partial charge in [-0.2, -0.15) is 0 Å². The van der Waals surface area contributed by atoms with Gasteiger partial charge >= 0.3 is 0 Å². The maximum atomic E-state index is 13.0. The third kappa shape index (κ3) is 4.81. The summed E-state index contributed by atoms with van der Waals surface area (Å²) in [5, 5.41) is 6.21. The molecule has 1 atom stereocenters. The Morgan fingerprint density at radius 3 is 2.39 bits per heavy atom. The molecule has 23 heavy (non-hydrogen) atoms. The number of nitrogens with one attached hydrogen (secondary N) is 2. The summed E-state index contributed by atoms with van der Waals surface area (Å²) in [6.45, 7) is 7.13. The molecule has 2 amide bonds. The van der Waals surface area contributed by atoms with Crippen LogP contribution in [0.2, 0.25) is 0 Å². The second-order valence-corrected chi connectivity index (χ2v) is 6.17. The smallest absolute Gasteiger partial charge is 0.251 e. The van der Waals surface area contributed by atoms with E-state index in [-0.39, 0.29) is 24.2 Å². The van der Waals surface area contributed by atoms with Crippen molar-refractivity contribution in [3.05, 3.63) is 0 Å². The number of carbonyl (C=O) groups excluding carboxylic acids is 2. The lowest BCUT2D eigenvalue weighted by atomic mass is 9.80. The standard InChI is InChI=1S/C16H29N3O3.ClH/c1-3-19(4-2)15(21)16(8-6-5-7-9-16)18-14(20)13-12-17-10-11-22-13;/h13,17H,3-12H2,1-2H3,(H,18,20);1H. The van der Waals surface area contributed by atoms with Gasteiger partial charge in [-0.1, -0.05) is 19.3 Å². The third-order valence-electron chi connectivity index (χ3n) is 4.75. The third-order valence-corrected chi connectivity index (χ3v) is 4.75. The van der Waals surface area contributed by atoms with Gasteiger partial charge in [-0.25, -0.2) is 0 Å². The second-order valence-electron chi connectivity index (χ2n) is 6.17. The average molecular weight is 348 g/mol. The van der Waals surface area contributed by atoms with Gasteiger partial charge in [-0.05, 0) is 26.7 Å². The summed E-state index contributed by atoms with van der Waals surface area (Å²) in [6.07, 6.45) is 4.07. The number of likely N-dealkylation sites (N-methyl/N-ethyl adjacent to an activating group) is 1. The van der Waals surface area contributed by atoms with E-state index in [1.165, 1.54) is 0 Å². The van der Waals surface area contributed by atoms with Gasteiger partial charge in [0.15, 0.2) is 0 Å². The van der Waals surface area contributed by atoms with Gasteiger partial charge in [0.1, 0.15) is 11.6 Å². The number of hydrogen-bond donors (Lipinski definition) is 2. The summed E-state index contributed by atoms with van der Waals surface area (Å²) >= 11 is 0. The van der Waals surface area contributed by atoms with Gasteiger partial charge in [0, 0.05) is 26.2 Å². The lowest BCUT2D eigenvalue weighted by molar-refractivity contribution is -0.147. The Morgan fingerprint density at radius 2 is 1.87 bits per heavy atom. The van der Waals surface area contributed by atoms with Crippen LogP contribution in [0, 0.1) is 0 Å². The molecule has 1 unspecified atom stereocenters. The molecule has 1 aliphatic heterocycles. The molecule has 0 bridgehead atoms. The fraction of sp³-hybridized carbons (Fsp3) is 0.875. The van der Waals surface area contributed by atoms with E-state index in [2.05, 4.69) is 10.6 Å². The molecular weight excluding hydrogens is 318 g/mol. The molecule has 1 aliphatic carbocycles. The zero-order valence-corrected chi connectivity index (χ0v) is 15.0. The molecule has 2 N–H and O–H groups in total. The van der Waals surface area contributed by atoms with Crippen molar-refractivity contribution in [3.8, 4) is 0 Å². The minimum Gasteiger partial charge on any atom is -0.366 e. The molecule has 6 nitrogen and oxygen atoms in total. The molecule has 1 heterocycles. The van der Waals surface area contributed by atoms with Crippen LogP contribution < -0.4 is 10.6 Å². The van der Waals surface area contributed by atoms with Crippen LogP contribution >= 0.6 is 12.4 Å². The van der Waals surface area contributed by atoms with Crippen molar-refractivity contribution in [2.45, 2.75) is 57.6 Å². The maximum absolute atomic E-state index is 13.0. The van der Waals surface area contributed by atoms with E-state index in [1.54, 1.807) is 0 Å². The van der Waals surface area contributed by atoms with Crippen LogP contribution in [0.1, 0.15) is 46.0 Å². The Kier molecular flexibility index (Phi) is 8.29. The number of morpholine rings is 1. The van der Waals surface area contributed by atoms with Crippen molar-refractivity contribution >= 4 is 24.2 Å². The molecular formula is C16H30ClN3O3. The molecule has 0 aromatic heterocycles. The van der Waals surface area contributed by atoms with Gasteiger partial charge in [-0.3, -0.25) is 9.59 Å². The Hall–Kier alpha value is -0.850. The topological polar surface area (TPSA) is 70.7 Å².